The van der Waals surface area contributed by atoms with Crippen molar-refractivity contribution in [1.29, 1.82) is 0 Å². The van der Waals surface area contributed by atoms with Crippen LogP contribution >= 0.6 is 11.8 Å². The van der Waals surface area contributed by atoms with Crippen molar-refractivity contribution < 1.29 is 9.53 Å². The fourth-order valence-corrected chi connectivity index (χ4v) is 2.72. The summed E-state index contributed by atoms with van der Waals surface area (Å²) in [5.41, 5.74) is 0.865. The van der Waals surface area contributed by atoms with Gasteiger partial charge in [0.15, 0.2) is 0 Å². The normalized spacial score (nSPS) is 24.9. The first-order chi connectivity index (χ1) is 7.70. The number of hydrogen-bond acceptors (Lipinski definition) is 3. The number of carbonyl (C=O) groups excluding carboxylic acids is 1. The molecule has 1 heterocycles. The van der Waals surface area contributed by atoms with Crippen LogP contribution in [0.4, 0.5) is 0 Å². The Morgan fingerprint density at radius 1 is 1.31 bits per heavy atom. The molecule has 1 unspecified atom stereocenters. The van der Waals surface area contributed by atoms with Crippen molar-refractivity contribution in [2.24, 2.45) is 0 Å². The predicted octanol–water partition coefficient (Wildman–Crippen LogP) is 2.16. The molecule has 0 aromatic heterocycles. The van der Waals surface area contributed by atoms with Gasteiger partial charge in [-0.25, -0.2) is 0 Å². The lowest BCUT2D eigenvalue weighted by molar-refractivity contribution is -0.142. The maximum absolute atomic E-state index is 12.2. The lowest BCUT2D eigenvalue weighted by atomic mass is 10.1. The van der Waals surface area contributed by atoms with Crippen LogP contribution in [0.25, 0.3) is 0 Å². The van der Waals surface area contributed by atoms with Crippen LogP contribution in [0.3, 0.4) is 0 Å². The number of amides is 1. The van der Waals surface area contributed by atoms with Gasteiger partial charge in [-0.3, -0.25) is 4.79 Å². The predicted molar refractivity (Wildman–Crippen MR) is 64.6 cm³/mol. The van der Waals surface area contributed by atoms with Crippen LogP contribution in [0, 0.1) is 0 Å². The molecule has 84 valence electrons. The molecule has 1 aromatic carbocycles. The summed E-state index contributed by atoms with van der Waals surface area (Å²) in [4.78, 5) is 12.8. The van der Waals surface area contributed by atoms with Gasteiger partial charge in [-0.2, -0.15) is 0 Å². The second-order valence-corrected chi connectivity index (χ2v) is 4.59. The molecule has 3 nitrogen and oxygen atoms in total. The highest BCUT2D eigenvalue weighted by Gasteiger charge is 2.44. The third-order valence-electron chi connectivity index (χ3n) is 2.56. The van der Waals surface area contributed by atoms with Gasteiger partial charge in [0.25, 0.3) is 5.91 Å². The van der Waals surface area contributed by atoms with E-state index < -0.39 is 4.93 Å². The van der Waals surface area contributed by atoms with Crippen LogP contribution in [0.5, 0.6) is 0 Å². The number of carbonyl (C=O) groups is 1. The van der Waals surface area contributed by atoms with Crippen LogP contribution in [0.2, 0.25) is 0 Å². The summed E-state index contributed by atoms with van der Waals surface area (Å²) in [5, 5.41) is 1.87. The molecule has 4 heteroatoms. The van der Waals surface area contributed by atoms with E-state index in [1.165, 1.54) is 11.8 Å². The zero-order valence-electron chi connectivity index (χ0n) is 9.21. The number of nitrogens with zero attached hydrogens (tertiary/aromatic N) is 1. The SMILES string of the molecule is COC1(c2ccccc2)SC=CN(C)C1=O. The van der Waals surface area contributed by atoms with Crippen molar-refractivity contribution in [1.82, 2.24) is 4.90 Å². The monoisotopic (exact) mass is 235 g/mol. The number of benzene rings is 1. The molecule has 1 atom stereocenters. The van der Waals surface area contributed by atoms with Gasteiger partial charge in [-0.05, 0) is 5.41 Å². The molecule has 1 amide bonds. The maximum atomic E-state index is 12.2. The molecule has 0 aliphatic carbocycles. The Hall–Kier alpha value is -1.26. The first-order valence-electron chi connectivity index (χ1n) is 4.93. The Bertz CT molecular complexity index is 418. The molecule has 0 saturated heterocycles. The average Bonchev–Trinajstić information content (AvgIpc) is 2.34. The molecular weight excluding hydrogens is 222 g/mol. The Morgan fingerprint density at radius 3 is 2.62 bits per heavy atom. The molecule has 0 saturated carbocycles. The summed E-state index contributed by atoms with van der Waals surface area (Å²) in [7, 11) is 3.29. The van der Waals surface area contributed by atoms with Gasteiger partial charge < -0.3 is 9.64 Å². The van der Waals surface area contributed by atoms with Crippen molar-refractivity contribution in [3.05, 3.63) is 47.5 Å². The molecule has 0 radical (unpaired) electrons. The zero-order chi connectivity index (χ0) is 11.6. The smallest absolute Gasteiger partial charge is 0.274 e. The van der Waals surface area contributed by atoms with Gasteiger partial charge in [0.2, 0.25) is 4.93 Å². The Labute approximate surface area is 99.1 Å². The quantitative estimate of drug-likeness (QED) is 0.786. The van der Waals surface area contributed by atoms with E-state index in [0.29, 0.717) is 0 Å². The van der Waals surface area contributed by atoms with Gasteiger partial charge in [-0.15, -0.1) is 0 Å². The molecule has 1 aliphatic rings. The molecule has 16 heavy (non-hydrogen) atoms. The second-order valence-electron chi connectivity index (χ2n) is 3.51. The van der Waals surface area contributed by atoms with Gasteiger partial charge >= 0.3 is 0 Å². The summed E-state index contributed by atoms with van der Waals surface area (Å²) in [6.45, 7) is 0. The third kappa shape index (κ3) is 1.64. The fourth-order valence-electron chi connectivity index (χ4n) is 1.67. The van der Waals surface area contributed by atoms with Crippen LogP contribution in [0.1, 0.15) is 5.56 Å². The lowest BCUT2D eigenvalue weighted by Crippen LogP contribution is -2.44. The van der Waals surface area contributed by atoms with E-state index in [9.17, 15) is 4.79 Å². The van der Waals surface area contributed by atoms with E-state index in [-0.39, 0.29) is 5.91 Å². The first-order valence-corrected chi connectivity index (χ1v) is 5.81. The maximum Gasteiger partial charge on any atom is 0.274 e. The van der Waals surface area contributed by atoms with Gasteiger partial charge in [-0.1, -0.05) is 42.1 Å². The topological polar surface area (TPSA) is 29.5 Å². The van der Waals surface area contributed by atoms with Crippen molar-refractivity contribution >= 4 is 17.7 Å². The summed E-state index contributed by atoms with van der Waals surface area (Å²) in [6.07, 6.45) is 1.74. The van der Waals surface area contributed by atoms with E-state index >= 15 is 0 Å². The third-order valence-corrected chi connectivity index (χ3v) is 3.73. The molecule has 0 bridgehead atoms. The van der Waals surface area contributed by atoms with E-state index in [0.717, 1.165) is 5.56 Å². The molecule has 1 aromatic rings. The largest absolute Gasteiger partial charge is 0.354 e. The Kier molecular flexibility index (Phi) is 3.03. The second kappa shape index (κ2) is 4.31. The Balaban J connectivity index is 2.48. The van der Waals surface area contributed by atoms with Crippen molar-refractivity contribution in [3.8, 4) is 0 Å². The summed E-state index contributed by atoms with van der Waals surface area (Å²) >= 11 is 1.38. The summed E-state index contributed by atoms with van der Waals surface area (Å²) < 4.78 is 5.47. The first kappa shape index (κ1) is 11.2. The number of methoxy groups -OCH3 is 1. The van der Waals surface area contributed by atoms with Crippen LogP contribution < -0.4 is 0 Å². The minimum atomic E-state index is -0.940. The molecule has 2 rings (SSSR count). The highest BCUT2D eigenvalue weighted by molar-refractivity contribution is 8.03. The van der Waals surface area contributed by atoms with Gasteiger partial charge in [0.05, 0.1) is 0 Å². The minimum Gasteiger partial charge on any atom is -0.354 e. The average molecular weight is 235 g/mol. The summed E-state index contributed by atoms with van der Waals surface area (Å²) in [6, 6.07) is 9.54. The van der Waals surface area contributed by atoms with E-state index in [4.69, 9.17) is 4.74 Å². The number of thioether (sulfide) groups is 1. The zero-order valence-corrected chi connectivity index (χ0v) is 10.0. The number of ether oxygens (including phenoxy) is 1. The Morgan fingerprint density at radius 2 is 2.00 bits per heavy atom. The molecule has 0 fully saturated rings. The van der Waals surface area contributed by atoms with Gasteiger partial charge in [0, 0.05) is 25.9 Å². The molecular formula is C12H13NO2S. The van der Waals surface area contributed by atoms with E-state index in [1.54, 1.807) is 25.3 Å². The standard InChI is InChI=1S/C12H13NO2S/c1-13-8-9-16-12(15-2,11(13)14)10-6-4-3-5-7-10/h3-9H,1-2H3. The minimum absolute atomic E-state index is 0.0614. The fraction of sp³-hybridized carbons (Fsp3) is 0.250. The van der Waals surface area contributed by atoms with Crippen molar-refractivity contribution in [3.63, 3.8) is 0 Å². The highest BCUT2D eigenvalue weighted by atomic mass is 32.2. The number of hydrogen-bond donors (Lipinski definition) is 0. The highest BCUT2D eigenvalue weighted by Crippen LogP contribution is 2.42. The van der Waals surface area contributed by atoms with E-state index in [2.05, 4.69) is 0 Å². The van der Waals surface area contributed by atoms with Crippen LogP contribution in [-0.2, 0) is 14.5 Å². The molecule has 1 aliphatic heterocycles. The van der Waals surface area contributed by atoms with Crippen LogP contribution in [0.15, 0.2) is 41.9 Å². The molecule has 0 spiro atoms. The molecule has 0 N–H and O–H groups in total. The number of likely N-dealkylation sites (N-methyl/N-ethyl adjacent to an activating group) is 1. The van der Waals surface area contributed by atoms with Crippen molar-refractivity contribution in [2.45, 2.75) is 4.93 Å². The van der Waals surface area contributed by atoms with Gasteiger partial charge in [0.1, 0.15) is 0 Å². The number of rotatable bonds is 2. The van der Waals surface area contributed by atoms with Crippen molar-refractivity contribution in [2.75, 3.05) is 14.2 Å². The lowest BCUT2D eigenvalue weighted by Gasteiger charge is -2.35. The summed E-state index contributed by atoms with van der Waals surface area (Å²) in [5.74, 6) is -0.0614. The van der Waals surface area contributed by atoms with Crippen LogP contribution in [-0.4, -0.2) is 25.0 Å². The van der Waals surface area contributed by atoms with E-state index in [1.807, 2.05) is 35.7 Å².